The Morgan fingerprint density at radius 1 is 1.17 bits per heavy atom. The van der Waals surface area contributed by atoms with E-state index in [0.29, 0.717) is 4.31 Å². The summed E-state index contributed by atoms with van der Waals surface area (Å²) in [6.45, 7) is -0.782. The summed E-state index contributed by atoms with van der Waals surface area (Å²) in [5, 5.41) is 27.5. The van der Waals surface area contributed by atoms with Crippen LogP contribution < -0.4 is 5.73 Å². The van der Waals surface area contributed by atoms with Crippen molar-refractivity contribution in [2.45, 2.75) is 22.9 Å². The third-order valence-corrected chi connectivity index (χ3v) is 5.67. The number of nitrogens with zero attached hydrogens (tertiary/aromatic N) is 1. The predicted molar refractivity (Wildman–Crippen MR) is 77.9 cm³/mol. The fourth-order valence-electron chi connectivity index (χ4n) is 2.51. The third kappa shape index (κ3) is 2.84. The van der Waals surface area contributed by atoms with Crippen LogP contribution in [0, 0.1) is 0 Å². The molecule has 130 valence electrons. The Morgan fingerprint density at radius 2 is 1.75 bits per heavy atom. The molecule has 1 fully saturated rings. The second kappa shape index (κ2) is 5.85. The van der Waals surface area contributed by atoms with Crippen LogP contribution in [-0.4, -0.2) is 64.1 Å². The van der Waals surface area contributed by atoms with Gasteiger partial charge < -0.3 is 21.1 Å². The Hall–Kier alpha value is -2.50. The summed E-state index contributed by atoms with van der Waals surface area (Å²) < 4.78 is 25.9. The van der Waals surface area contributed by atoms with Gasteiger partial charge in [-0.25, -0.2) is 13.2 Å². The molecule has 1 aromatic carbocycles. The van der Waals surface area contributed by atoms with Crippen LogP contribution in [0.15, 0.2) is 29.2 Å². The zero-order valence-electron chi connectivity index (χ0n) is 12.1. The maximum absolute atomic E-state index is 12.7. The van der Waals surface area contributed by atoms with E-state index in [1.807, 2.05) is 0 Å². The van der Waals surface area contributed by atoms with Gasteiger partial charge in [0.25, 0.3) is 0 Å². The van der Waals surface area contributed by atoms with Gasteiger partial charge in [0.2, 0.25) is 10.0 Å². The number of rotatable bonds is 5. The van der Waals surface area contributed by atoms with Crippen molar-refractivity contribution in [1.29, 1.82) is 0 Å². The summed E-state index contributed by atoms with van der Waals surface area (Å²) in [4.78, 5) is 33.2. The predicted octanol–water partition coefficient (Wildman–Crippen LogP) is -0.985. The molecular formula is C13H14N2O8S. The average Bonchev–Trinajstić information content (AvgIpc) is 2.88. The molecule has 0 bridgehead atoms. The quantitative estimate of drug-likeness (QED) is 0.515. The second-order valence-corrected chi connectivity index (χ2v) is 7.23. The van der Waals surface area contributed by atoms with E-state index in [1.54, 1.807) is 0 Å². The third-order valence-electron chi connectivity index (χ3n) is 3.76. The zero-order chi connectivity index (χ0) is 18.3. The van der Waals surface area contributed by atoms with Gasteiger partial charge in [0, 0.05) is 13.0 Å². The molecule has 1 aliphatic heterocycles. The van der Waals surface area contributed by atoms with Gasteiger partial charge in [-0.3, -0.25) is 9.59 Å². The van der Waals surface area contributed by atoms with Crippen LogP contribution >= 0.6 is 0 Å². The van der Waals surface area contributed by atoms with Crippen LogP contribution in [-0.2, 0) is 19.6 Å². The van der Waals surface area contributed by atoms with E-state index in [2.05, 4.69) is 0 Å². The highest BCUT2D eigenvalue weighted by Crippen LogP contribution is 2.32. The molecule has 11 heteroatoms. The van der Waals surface area contributed by atoms with E-state index in [0.717, 1.165) is 12.1 Å². The molecule has 1 saturated heterocycles. The minimum absolute atomic E-state index is 0.422. The number of nitrogens with two attached hydrogens (primary N) is 1. The minimum atomic E-state index is -4.58. The highest BCUT2D eigenvalue weighted by atomic mass is 32.2. The standard InChI is InChI=1S/C13H14N2O8S/c14-13(12(20)21)5-8(11(18)19)15(6-13)24(22,23)9-4-2-1-3-7(9)10(16)17/h1-4,8H,5-6,14H2,(H,16,17)(H,18,19)(H,20,21)/t8-,13+/m1/s1. The lowest BCUT2D eigenvalue weighted by molar-refractivity contribution is -0.142. The van der Waals surface area contributed by atoms with E-state index in [1.165, 1.54) is 12.1 Å². The lowest BCUT2D eigenvalue weighted by Crippen LogP contribution is -2.50. The summed E-state index contributed by atoms with van der Waals surface area (Å²) in [6, 6.07) is 2.94. The van der Waals surface area contributed by atoms with Gasteiger partial charge in [-0.05, 0) is 12.1 Å². The first-order chi connectivity index (χ1) is 11.0. The largest absolute Gasteiger partial charge is 0.480 e. The molecule has 1 heterocycles. The van der Waals surface area contributed by atoms with Gasteiger partial charge in [0.1, 0.15) is 11.6 Å². The lowest BCUT2D eigenvalue weighted by Gasteiger charge is -2.22. The van der Waals surface area contributed by atoms with Crippen molar-refractivity contribution in [2.24, 2.45) is 5.73 Å². The Balaban J connectivity index is 2.58. The number of aromatic carboxylic acids is 1. The Kier molecular flexibility index (Phi) is 4.35. The van der Waals surface area contributed by atoms with E-state index >= 15 is 0 Å². The molecule has 0 radical (unpaired) electrons. The van der Waals surface area contributed by atoms with Crippen molar-refractivity contribution in [3.8, 4) is 0 Å². The zero-order valence-corrected chi connectivity index (χ0v) is 12.9. The molecule has 5 N–H and O–H groups in total. The summed E-state index contributed by atoms with van der Waals surface area (Å²) in [5.74, 6) is -4.63. The number of hydrogen-bond donors (Lipinski definition) is 4. The first kappa shape index (κ1) is 17.8. The Bertz CT molecular complexity index is 821. The monoisotopic (exact) mass is 358 g/mol. The van der Waals surface area contributed by atoms with Crippen LogP contribution in [0.3, 0.4) is 0 Å². The first-order valence-electron chi connectivity index (χ1n) is 6.60. The Labute approximate surface area is 136 Å². The van der Waals surface area contributed by atoms with Gasteiger partial charge in [0.15, 0.2) is 0 Å². The molecule has 1 aromatic rings. The van der Waals surface area contributed by atoms with Crippen molar-refractivity contribution >= 4 is 27.9 Å². The summed E-state index contributed by atoms with van der Waals surface area (Å²) >= 11 is 0. The van der Waals surface area contributed by atoms with Crippen LogP contribution in [0.5, 0.6) is 0 Å². The minimum Gasteiger partial charge on any atom is -0.480 e. The summed E-state index contributed by atoms with van der Waals surface area (Å²) in [6.07, 6.45) is -0.633. The molecule has 1 aliphatic rings. The molecule has 0 aromatic heterocycles. The number of carboxylic acids is 3. The maximum atomic E-state index is 12.7. The average molecular weight is 358 g/mol. The molecule has 0 saturated carbocycles. The van der Waals surface area contributed by atoms with Gasteiger partial charge in [0.05, 0.1) is 10.5 Å². The van der Waals surface area contributed by atoms with Crippen molar-refractivity contribution in [1.82, 2.24) is 4.31 Å². The molecule has 0 unspecified atom stereocenters. The number of sulfonamides is 1. The summed E-state index contributed by atoms with van der Waals surface area (Å²) in [5.41, 5.74) is 2.98. The number of aliphatic carboxylic acids is 2. The van der Waals surface area contributed by atoms with E-state index in [4.69, 9.17) is 15.9 Å². The van der Waals surface area contributed by atoms with Crippen LogP contribution in [0.1, 0.15) is 16.8 Å². The number of carbonyl (C=O) groups is 3. The molecule has 0 aliphatic carbocycles. The van der Waals surface area contributed by atoms with Gasteiger partial charge in [-0.2, -0.15) is 4.31 Å². The second-order valence-electron chi connectivity index (χ2n) is 5.37. The van der Waals surface area contributed by atoms with Crippen molar-refractivity contribution < 1.29 is 38.1 Å². The van der Waals surface area contributed by atoms with Crippen molar-refractivity contribution in [3.63, 3.8) is 0 Å². The number of hydrogen-bond acceptors (Lipinski definition) is 6. The highest BCUT2D eigenvalue weighted by molar-refractivity contribution is 7.89. The van der Waals surface area contributed by atoms with Gasteiger partial charge in [-0.1, -0.05) is 12.1 Å². The van der Waals surface area contributed by atoms with Gasteiger partial charge >= 0.3 is 17.9 Å². The fourth-order valence-corrected chi connectivity index (χ4v) is 4.35. The maximum Gasteiger partial charge on any atom is 0.337 e. The molecule has 2 rings (SSSR count). The van der Waals surface area contributed by atoms with E-state index < -0.39 is 62.9 Å². The van der Waals surface area contributed by atoms with Gasteiger partial charge in [-0.15, -0.1) is 0 Å². The molecule has 2 atom stereocenters. The summed E-state index contributed by atoms with van der Waals surface area (Å²) in [7, 11) is -4.58. The van der Waals surface area contributed by atoms with E-state index in [9.17, 15) is 27.9 Å². The highest BCUT2D eigenvalue weighted by Gasteiger charge is 2.54. The number of carboxylic acid groups (broad SMARTS) is 3. The SMILES string of the molecule is N[C@@]1(C(=O)O)C[C@H](C(=O)O)N(S(=O)(=O)c2ccccc2C(=O)O)C1. The van der Waals surface area contributed by atoms with Crippen LogP contribution in [0.25, 0.3) is 0 Å². The van der Waals surface area contributed by atoms with Crippen LogP contribution in [0.2, 0.25) is 0 Å². The molecular weight excluding hydrogens is 344 g/mol. The topological polar surface area (TPSA) is 175 Å². The van der Waals surface area contributed by atoms with Crippen LogP contribution in [0.4, 0.5) is 0 Å². The normalized spacial score (nSPS) is 24.6. The molecule has 24 heavy (non-hydrogen) atoms. The van der Waals surface area contributed by atoms with Crippen molar-refractivity contribution in [3.05, 3.63) is 29.8 Å². The molecule has 10 nitrogen and oxygen atoms in total. The lowest BCUT2D eigenvalue weighted by atomic mass is 9.98. The smallest absolute Gasteiger partial charge is 0.337 e. The number of benzene rings is 1. The first-order valence-corrected chi connectivity index (χ1v) is 8.04. The molecule has 0 amide bonds. The fraction of sp³-hybridized carbons (Fsp3) is 0.308. The molecule has 0 spiro atoms. The van der Waals surface area contributed by atoms with Crippen molar-refractivity contribution in [2.75, 3.05) is 6.54 Å². The van der Waals surface area contributed by atoms with E-state index in [-0.39, 0.29) is 0 Å². The Morgan fingerprint density at radius 3 is 2.25 bits per heavy atom.